The van der Waals surface area contributed by atoms with Crippen molar-refractivity contribution in [1.82, 2.24) is 5.32 Å². The van der Waals surface area contributed by atoms with Crippen molar-refractivity contribution < 1.29 is 19.2 Å². The Morgan fingerprint density at radius 1 is 1.19 bits per heavy atom. The molecule has 0 aliphatic carbocycles. The van der Waals surface area contributed by atoms with Gasteiger partial charge in [0, 0.05) is 28.3 Å². The Morgan fingerprint density at radius 2 is 1.91 bits per heavy atom. The number of thiophene rings is 1. The summed E-state index contributed by atoms with van der Waals surface area (Å²) in [5, 5.41) is 14.0. The van der Waals surface area contributed by atoms with Crippen LogP contribution in [0.2, 0.25) is 0 Å². The average Bonchev–Trinajstić information content (AvgIpc) is 3.09. The van der Waals surface area contributed by atoms with E-state index in [1.165, 1.54) is 48.4 Å². The molecule has 11 heteroatoms. The van der Waals surface area contributed by atoms with Gasteiger partial charge in [-0.1, -0.05) is 30.0 Å². The van der Waals surface area contributed by atoms with Crippen LogP contribution in [0.15, 0.2) is 72.0 Å². The Hall–Kier alpha value is -2.21. The van der Waals surface area contributed by atoms with Crippen molar-refractivity contribution in [3.05, 3.63) is 83.4 Å². The molecule has 1 amide bonds. The van der Waals surface area contributed by atoms with E-state index in [4.69, 9.17) is 4.74 Å². The fraction of sp³-hybridized carbons (Fsp3) is 0.143. The summed E-state index contributed by atoms with van der Waals surface area (Å²) in [6, 6.07) is 14.3. The predicted octanol–water partition coefficient (Wildman–Crippen LogP) is 5.85. The van der Waals surface area contributed by atoms with Gasteiger partial charge in [0.15, 0.2) is 0 Å². The summed E-state index contributed by atoms with van der Waals surface area (Å²) in [5.41, 5.74) is 0.703. The summed E-state index contributed by atoms with van der Waals surface area (Å²) in [5.74, 6) is -1.22. The molecule has 166 valence electrons. The van der Waals surface area contributed by atoms with Crippen LogP contribution >= 0.6 is 55.0 Å². The highest BCUT2D eigenvalue weighted by Crippen LogP contribution is 2.34. The van der Waals surface area contributed by atoms with Gasteiger partial charge < -0.3 is 10.1 Å². The second-order valence-corrected chi connectivity index (χ2v) is 11.3. The highest BCUT2D eigenvalue weighted by Gasteiger charge is 2.26. The maximum Gasteiger partial charge on any atom is 0.328 e. The maximum atomic E-state index is 13.2. The third kappa shape index (κ3) is 6.18. The molecular weight excluding hydrogens is 584 g/mol. The highest BCUT2D eigenvalue weighted by atomic mass is 79.9. The van der Waals surface area contributed by atoms with Gasteiger partial charge in [-0.2, -0.15) is 0 Å². The van der Waals surface area contributed by atoms with Gasteiger partial charge in [-0.25, -0.2) is 4.79 Å². The number of ether oxygens (including phenoxy) is 1. The van der Waals surface area contributed by atoms with E-state index < -0.39 is 22.8 Å². The van der Waals surface area contributed by atoms with Crippen LogP contribution in [0.4, 0.5) is 5.69 Å². The normalized spacial score (nSPS) is 11.6. The van der Waals surface area contributed by atoms with Crippen molar-refractivity contribution in [2.75, 3.05) is 7.11 Å². The van der Waals surface area contributed by atoms with Crippen molar-refractivity contribution in [3.63, 3.8) is 0 Å². The molecule has 1 N–H and O–H groups in total. The molecule has 3 rings (SSSR count). The van der Waals surface area contributed by atoms with Crippen LogP contribution in [0.25, 0.3) is 0 Å². The first-order chi connectivity index (χ1) is 15.3. The smallest absolute Gasteiger partial charge is 0.328 e. The van der Waals surface area contributed by atoms with E-state index in [0.29, 0.717) is 4.90 Å². The second kappa shape index (κ2) is 11.1. The number of nitro benzene ring substituents is 1. The van der Waals surface area contributed by atoms with Crippen molar-refractivity contribution in [2.45, 2.75) is 22.3 Å². The fourth-order valence-corrected chi connectivity index (χ4v) is 6.62. The number of benzene rings is 2. The number of nitro groups is 1. The largest absolute Gasteiger partial charge is 0.467 e. The number of hydrogen-bond acceptors (Lipinski definition) is 7. The van der Waals surface area contributed by atoms with Gasteiger partial charge in [0.25, 0.3) is 11.6 Å². The summed E-state index contributed by atoms with van der Waals surface area (Å²) in [4.78, 5) is 37.7. The molecule has 2 aromatic carbocycles. The van der Waals surface area contributed by atoms with Gasteiger partial charge in [0.2, 0.25) is 0 Å². The van der Waals surface area contributed by atoms with E-state index in [0.717, 1.165) is 18.0 Å². The first-order valence-electron chi connectivity index (χ1n) is 9.12. The molecule has 0 aliphatic rings. The SMILES string of the molecule is COC(=O)C(Cc1cc(Br)sc1Br)NC(=O)c1cc([N+](=O)[O-])ccc1Sc1ccccc1. The number of carbonyl (C=O) groups is 2. The van der Waals surface area contributed by atoms with Crippen LogP contribution in [-0.2, 0) is 16.0 Å². The molecule has 1 unspecified atom stereocenters. The van der Waals surface area contributed by atoms with Gasteiger partial charge >= 0.3 is 5.97 Å². The first kappa shape index (κ1) is 24.4. The van der Waals surface area contributed by atoms with Crippen LogP contribution < -0.4 is 5.32 Å². The Bertz CT molecular complexity index is 1150. The van der Waals surface area contributed by atoms with Crippen molar-refractivity contribution in [2.24, 2.45) is 0 Å². The number of non-ortho nitro benzene ring substituents is 1. The molecule has 0 radical (unpaired) electrons. The van der Waals surface area contributed by atoms with E-state index in [1.54, 1.807) is 0 Å². The quantitative estimate of drug-likeness (QED) is 0.198. The maximum absolute atomic E-state index is 13.2. The molecule has 0 aliphatic heterocycles. The van der Waals surface area contributed by atoms with Gasteiger partial charge in [-0.05, 0) is 61.7 Å². The lowest BCUT2D eigenvalue weighted by atomic mass is 10.1. The van der Waals surface area contributed by atoms with Crippen LogP contribution in [0.1, 0.15) is 15.9 Å². The molecule has 3 aromatic rings. The summed E-state index contributed by atoms with van der Waals surface area (Å²) in [7, 11) is 1.24. The monoisotopic (exact) mass is 598 g/mol. The second-order valence-electron chi connectivity index (χ2n) is 6.46. The number of nitrogens with one attached hydrogen (secondary N) is 1. The van der Waals surface area contributed by atoms with Crippen LogP contribution in [0, 0.1) is 10.1 Å². The Kier molecular flexibility index (Phi) is 8.46. The molecule has 0 fully saturated rings. The first-order valence-corrected chi connectivity index (χ1v) is 12.3. The van der Waals surface area contributed by atoms with E-state index in [1.807, 2.05) is 36.4 Å². The summed E-state index contributed by atoms with van der Waals surface area (Å²) in [6.07, 6.45) is 0.192. The number of halogens is 2. The lowest BCUT2D eigenvalue weighted by molar-refractivity contribution is -0.384. The lowest BCUT2D eigenvalue weighted by Crippen LogP contribution is -2.43. The number of nitrogens with zero attached hydrogens (tertiary/aromatic N) is 1. The van der Waals surface area contributed by atoms with Crippen molar-refractivity contribution in [3.8, 4) is 0 Å². The molecular formula is C21H16Br2N2O5S2. The minimum atomic E-state index is -0.973. The third-order valence-corrected chi connectivity index (χ3v) is 7.88. The Balaban J connectivity index is 1.92. The molecule has 0 spiro atoms. The van der Waals surface area contributed by atoms with E-state index >= 15 is 0 Å². The van der Waals surface area contributed by atoms with Gasteiger partial charge in [-0.3, -0.25) is 14.9 Å². The number of methoxy groups -OCH3 is 1. The van der Waals surface area contributed by atoms with E-state index in [9.17, 15) is 19.7 Å². The third-order valence-electron chi connectivity index (χ3n) is 4.33. The molecule has 0 bridgehead atoms. The molecule has 7 nitrogen and oxygen atoms in total. The van der Waals surface area contributed by atoms with Crippen molar-refractivity contribution >= 4 is 72.5 Å². The number of carbonyl (C=O) groups excluding carboxylic acids is 2. The zero-order chi connectivity index (χ0) is 23.3. The average molecular weight is 600 g/mol. The summed E-state index contributed by atoms with van der Waals surface area (Å²) < 4.78 is 6.56. The molecule has 0 saturated carbocycles. The predicted molar refractivity (Wildman–Crippen MR) is 130 cm³/mol. The Morgan fingerprint density at radius 3 is 2.50 bits per heavy atom. The summed E-state index contributed by atoms with van der Waals surface area (Å²) >= 11 is 9.59. The number of esters is 1. The van der Waals surface area contributed by atoms with E-state index in [2.05, 4.69) is 37.2 Å². The minimum Gasteiger partial charge on any atom is -0.467 e. The molecule has 1 heterocycles. The number of rotatable bonds is 8. The molecule has 32 heavy (non-hydrogen) atoms. The van der Waals surface area contributed by atoms with Gasteiger partial charge in [0.05, 0.1) is 25.2 Å². The minimum absolute atomic E-state index is 0.104. The highest BCUT2D eigenvalue weighted by molar-refractivity contribution is 9.12. The zero-order valence-electron chi connectivity index (χ0n) is 16.5. The van der Waals surface area contributed by atoms with Gasteiger partial charge in [0.1, 0.15) is 6.04 Å². The summed E-state index contributed by atoms with van der Waals surface area (Å²) in [6.45, 7) is 0. The van der Waals surface area contributed by atoms with Crippen LogP contribution in [0.5, 0.6) is 0 Å². The molecule has 0 saturated heterocycles. The van der Waals surface area contributed by atoms with Crippen LogP contribution in [0.3, 0.4) is 0 Å². The number of amides is 1. The Labute approximate surface area is 209 Å². The molecule has 1 atom stereocenters. The topological polar surface area (TPSA) is 98.5 Å². The van der Waals surface area contributed by atoms with Gasteiger partial charge in [-0.15, -0.1) is 11.3 Å². The van der Waals surface area contributed by atoms with E-state index in [-0.39, 0.29) is 17.7 Å². The van der Waals surface area contributed by atoms with Crippen LogP contribution in [-0.4, -0.2) is 30.0 Å². The number of hydrogen-bond donors (Lipinski definition) is 1. The fourth-order valence-electron chi connectivity index (χ4n) is 2.82. The van der Waals surface area contributed by atoms with Crippen molar-refractivity contribution in [1.29, 1.82) is 0 Å². The zero-order valence-corrected chi connectivity index (χ0v) is 21.3. The molecule has 1 aromatic heterocycles. The lowest BCUT2D eigenvalue weighted by Gasteiger charge is -2.17. The standard InChI is InChI=1S/C21H16Br2N2O5S2/c1-30-21(27)16(9-12-10-18(22)32-19(12)23)24-20(26)15-11-13(25(28)29)7-8-17(15)31-14-5-3-2-4-6-14/h2-8,10-11,16H,9H2,1H3,(H,24,26).